The number of aromatic nitrogens is 3. The lowest BCUT2D eigenvalue weighted by molar-refractivity contribution is -0.113. The third kappa shape index (κ3) is 4.95. The van der Waals surface area contributed by atoms with E-state index in [0.717, 1.165) is 16.8 Å². The number of carbonyl (C=O) groups excluding carboxylic acids is 1. The predicted octanol–water partition coefficient (Wildman–Crippen LogP) is 5.64. The fourth-order valence-corrected chi connectivity index (χ4v) is 4.09. The molecule has 0 unspecified atom stereocenters. The van der Waals surface area contributed by atoms with Crippen LogP contribution in [0.5, 0.6) is 5.75 Å². The quantitative estimate of drug-likeness (QED) is 0.359. The lowest BCUT2D eigenvalue weighted by Gasteiger charge is -2.12. The molecule has 0 aliphatic rings. The number of hydrogen-bond donors (Lipinski definition) is 1. The van der Waals surface area contributed by atoms with Crippen LogP contribution in [0.2, 0.25) is 5.02 Å². The van der Waals surface area contributed by atoms with Gasteiger partial charge in [0.25, 0.3) is 0 Å². The van der Waals surface area contributed by atoms with Gasteiger partial charge >= 0.3 is 0 Å². The molecule has 1 aromatic heterocycles. The average molecular weight is 465 g/mol. The second-order valence-corrected chi connectivity index (χ2v) is 8.40. The van der Waals surface area contributed by atoms with Crippen LogP contribution in [0, 0.1) is 6.92 Å². The number of aryl methyl sites for hydroxylation is 1. The molecule has 0 radical (unpaired) electrons. The van der Waals surface area contributed by atoms with E-state index in [0.29, 0.717) is 27.4 Å². The van der Waals surface area contributed by atoms with Crippen molar-refractivity contribution in [3.8, 4) is 22.8 Å². The summed E-state index contributed by atoms with van der Waals surface area (Å²) in [6.45, 7) is 2.03. The zero-order chi connectivity index (χ0) is 22.5. The van der Waals surface area contributed by atoms with Gasteiger partial charge in [0.15, 0.2) is 11.0 Å². The molecule has 6 nitrogen and oxygen atoms in total. The molecule has 162 valence electrons. The molecule has 0 atom stereocenters. The number of amides is 1. The minimum atomic E-state index is -0.161. The van der Waals surface area contributed by atoms with Gasteiger partial charge in [-0.2, -0.15) is 0 Å². The van der Waals surface area contributed by atoms with E-state index >= 15 is 0 Å². The molecule has 4 rings (SSSR count). The van der Waals surface area contributed by atoms with Crippen LogP contribution in [-0.2, 0) is 4.79 Å². The number of ether oxygens (including phenoxy) is 1. The molecule has 3 aromatic carbocycles. The number of benzene rings is 3. The van der Waals surface area contributed by atoms with Gasteiger partial charge in [0.2, 0.25) is 5.91 Å². The first-order valence-electron chi connectivity index (χ1n) is 9.89. The minimum Gasteiger partial charge on any atom is -0.495 e. The molecule has 0 bridgehead atoms. The largest absolute Gasteiger partial charge is 0.495 e. The Morgan fingerprint density at radius 1 is 1.06 bits per heavy atom. The van der Waals surface area contributed by atoms with Crippen molar-refractivity contribution in [3.63, 3.8) is 0 Å². The van der Waals surface area contributed by atoms with E-state index < -0.39 is 0 Å². The topological polar surface area (TPSA) is 69.0 Å². The maximum Gasteiger partial charge on any atom is 0.234 e. The number of halogens is 1. The Morgan fingerprint density at radius 3 is 2.59 bits per heavy atom. The minimum absolute atomic E-state index is 0.161. The highest BCUT2D eigenvalue weighted by atomic mass is 35.5. The Kier molecular flexibility index (Phi) is 6.78. The van der Waals surface area contributed by atoms with Crippen molar-refractivity contribution in [2.75, 3.05) is 18.2 Å². The van der Waals surface area contributed by atoms with Crippen molar-refractivity contribution >= 4 is 35.0 Å². The maximum atomic E-state index is 12.6. The van der Waals surface area contributed by atoms with Gasteiger partial charge in [0.05, 0.1) is 18.6 Å². The number of nitrogens with zero attached hydrogens (tertiary/aromatic N) is 3. The molecule has 0 saturated carbocycles. The summed E-state index contributed by atoms with van der Waals surface area (Å²) in [6, 6.07) is 22.8. The molecule has 0 saturated heterocycles. The maximum absolute atomic E-state index is 12.6. The Balaban J connectivity index is 1.61. The van der Waals surface area contributed by atoms with Crippen LogP contribution in [0.4, 0.5) is 5.69 Å². The number of rotatable bonds is 7. The highest BCUT2D eigenvalue weighted by molar-refractivity contribution is 7.99. The fraction of sp³-hybridized carbons (Fsp3) is 0.125. The number of para-hydroxylation sites is 2. The van der Waals surface area contributed by atoms with Crippen LogP contribution in [0.25, 0.3) is 17.1 Å². The molecular formula is C24H21ClN4O2S. The van der Waals surface area contributed by atoms with Crippen molar-refractivity contribution in [3.05, 3.63) is 83.4 Å². The number of methoxy groups -OCH3 is 1. The normalized spacial score (nSPS) is 10.7. The van der Waals surface area contributed by atoms with Crippen LogP contribution in [0.3, 0.4) is 0 Å². The molecule has 4 aromatic rings. The van der Waals surface area contributed by atoms with Crippen molar-refractivity contribution < 1.29 is 9.53 Å². The molecule has 32 heavy (non-hydrogen) atoms. The predicted molar refractivity (Wildman–Crippen MR) is 129 cm³/mol. The second-order valence-electron chi connectivity index (χ2n) is 7.02. The van der Waals surface area contributed by atoms with Gasteiger partial charge in [0.1, 0.15) is 5.75 Å². The molecule has 0 aliphatic heterocycles. The summed E-state index contributed by atoms with van der Waals surface area (Å²) >= 11 is 7.37. The first kappa shape index (κ1) is 21.9. The highest BCUT2D eigenvalue weighted by Gasteiger charge is 2.18. The molecule has 1 amide bonds. The lowest BCUT2D eigenvalue weighted by Crippen LogP contribution is -2.15. The molecule has 0 fully saturated rings. The number of hydrogen-bond acceptors (Lipinski definition) is 5. The van der Waals surface area contributed by atoms with Crippen molar-refractivity contribution in [2.45, 2.75) is 12.1 Å². The summed E-state index contributed by atoms with van der Waals surface area (Å²) in [5.74, 6) is 1.30. The summed E-state index contributed by atoms with van der Waals surface area (Å²) in [5.41, 5.74) is 3.55. The number of nitrogens with one attached hydrogen (secondary N) is 1. The van der Waals surface area contributed by atoms with Gasteiger partial charge < -0.3 is 10.1 Å². The van der Waals surface area contributed by atoms with E-state index in [2.05, 4.69) is 21.6 Å². The molecular weight excluding hydrogens is 444 g/mol. The van der Waals surface area contributed by atoms with E-state index in [1.165, 1.54) is 11.8 Å². The van der Waals surface area contributed by atoms with E-state index in [1.54, 1.807) is 19.2 Å². The molecule has 8 heteroatoms. The Bertz CT molecular complexity index is 1240. The molecule has 0 aliphatic carbocycles. The summed E-state index contributed by atoms with van der Waals surface area (Å²) in [5, 5.41) is 12.9. The van der Waals surface area contributed by atoms with E-state index in [1.807, 2.05) is 66.1 Å². The fourth-order valence-electron chi connectivity index (χ4n) is 3.21. The molecule has 1 heterocycles. The Morgan fingerprint density at radius 2 is 1.84 bits per heavy atom. The van der Waals surface area contributed by atoms with E-state index in [-0.39, 0.29) is 11.7 Å². The average Bonchev–Trinajstić information content (AvgIpc) is 3.22. The van der Waals surface area contributed by atoms with Crippen LogP contribution in [-0.4, -0.2) is 33.5 Å². The van der Waals surface area contributed by atoms with Gasteiger partial charge in [-0.3, -0.25) is 9.36 Å². The number of thioether (sulfide) groups is 1. The van der Waals surface area contributed by atoms with Gasteiger partial charge in [-0.05, 0) is 61.0 Å². The summed E-state index contributed by atoms with van der Waals surface area (Å²) in [7, 11) is 1.57. The molecule has 1 N–H and O–H groups in total. The first-order chi connectivity index (χ1) is 15.5. The summed E-state index contributed by atoms with van der Waals surface area (Å²) < 4.78 is 7.26. The van der Waals surface area contributed by atoms with Crippen LogP contribution < -0.4 is 10.1 Å². The summed E-state index contributed by atoms with van der Waals surface area (Å²) in [6.07, 6.45) is 0. The van der Waals surface area contributed by atoms with Crippen molar-refractivity contribution in [1.82, 2.24) is 14.8 Å². The van der Waals surface area contributed by atoms with Crippen LogP contribution in [0.15, 0.2) is 78.0 Å². The monoisotopic (exact) mass is 464 g/mol. The van der Waals surface area contributed by atoms with E-state index in [9.17, 15) is 4.79 Å². The highest BCUT2D eigenvalue weighted by Crippen LogP contribution is 2.29. The molecule has 0 spiro atoms. The third-order valence-electron chi connectivity index (χ3n) is 4.71. The lowest BCUT2D eigenvalue weighted by atomic mass is 10.2. The first-order valence-corrected chi connectivity index (χ1v) is 11.3. The Labute approximate surface area is 195 Å². The van der Waals surface area contributed by atoms with Crippen molar-refractivity contribution in [2.24, 2.45) is 0 Å². The smallest absolute Gasteiger partial charge is 0.234 e. The third-order valence-corrected chi connectivity index (χ3v) is 5.89. The van der Waals surface area contributed by atoms with Crippen molar-refractivity contribution in [1.29, 1.82) is 0 Å². The van der Waals surface area contributed by atoms with E-state index in [4.69, 9.17) is 16.3 Å². The van der Waals surface area contributed by atoms with Gasteiger partial charge in [-0.15, -0.1) is 10.2 Å². The SMILES string of the molecule is COc1ccccc1NC(=O)CSc1nnc(-c2ccc(Cl)cc2)n1-c1cccc(C)c1. The second kappa shape index (κ2) is 9.89. The van der Waals surface area contributed by atoms with Crippen LogP contribution >= 0.6 is 23.4 Å². The number of anilines is 1. The zero-order valence-corrected chi connectivity index (χ0v) is 19.2. The number of carbonyl (C=O) groups is 1. The summed E-state index contributed by atoms with van der Waals surface area (Å²) in [4.78, 5) is 12.6. The van der Waals surface area contributed by atoms with Gasteiger partial charge in [-0.1, -0.05) is 47.6 Å². The van der Waals surface area contributed by atoms with Gasteiger partial charge in [0, 0.05) is 16.3 Å². The standard InChI is InChI=1S/C24H21ClN4O2S/c1-16-6-5-7-19(14-16)29-23(17-10-12-18(25)13-11-17)27-28-24(29)32-15-22(30)26-20-8-3-4-9-21(20)31-2/h3-14H,15H2,1-2H3,(H,26,30). The Hall–Kier alpha value is -3.29. The zero-order valence-electron chi connectivity index (χ0n) is 17.6. The van der Waals surface area contributed by atoms with Crippen LogP contribution in [0.1, 0.15) is 5.56 Å². The van der Waals surface area contributed by atoms with Gasteiger partial charge in [-0.25, -0.2) is 0 Å².